The molecule has 2 aliphatic heterocycles. The van der Waals surface area contributed by atoms with Gasteiger partial charge in [-0.1, -0.05) is 24.3 Å². The van der Waals surface area contributed by atoms with Crippen molar-refractivity contribution in [3.05, 3.63) is 71.0 Å². The lowest BCUT2D eigenvalue weighted by molar-refractivity contribution is -0.123. The number of nitrogens with zero attached hydrogens (tertiary/aromatic N) is 1. The number of fused-ring (bicyclic) bond motifs is 1. The molecule has 0 aliphatic carbocycles. The Morgan fingerprint density at radius 3 is 2.47 bits per heavy atom. The predicted molar refractivity (Wildman–Crippen MR) is 119 cm³/mol. The third kappa shape index (κ3) is 3.34. The summed E-state index contributed by atoms with van der Waals surface area (Å²) in [6.45, 7) is 5.06. The minimum atomic E-state index is -1.12. The quantitative estimate of drug-likeness (QED) is 0.617. The first-order chi connectivity index (χ1) is 15.3. The van der Waals surface area contributed by atoms with Gasteiger partial charge in [0.15, 0.2) is 0 Å². The molecular formula is C25H25N3O4. The van der Waals surface area contributed by atoms with Crippen molar-refractivity contribution in [2.45, 2.75) is 38.1 Å². The summed E-state index contributed by atoms with van der Waals surface area (Å²) in [5.41, 5.74) is 3.40. The van der Waals surface area contributed by atoms with Gasteiger partial charge in [-0.05, 0) is 61.9 Å². The van der Waals surface area contributed by atoms with E-state index < -0.39 is 17.5 Å². The molecule has 32 heavy (non-hydrogen) atoms. The highest BCUT2D eigenvalue weighted by atomic mass is 16.3. The standard InChI is InChI=1S/C25H25N3O4/c1-15-3-8-19-20(14-32-21(19)13-15)16-9-11-28(12-10-16)22(29)17-4-6-18(7-5-17)25(2)23(30)26-24(31)27-25/h3-8,13-14,16H,9-12H2,1-2H3,(H2,26,27,30,31)/t25-/m1/s1. The van der Waals surface area contributed by atoms with Gasteiger partial charge in [-0.2, -0.15) is 0 Å². The molecule has 0 saturated carbocycles. The first-order valence-corrected chi connectivity index (χ1v) is 10.9. The van der Waals surface area contributed by atoms with E-state index in [0.29, 0.717) is 30.1 Å². The fourth-order valence-corrected chi connectivity index (χ4v) is 4.74. The van der Waals surface area contributed by atoms with Crippen LogP contribution in [0.2, 0.25) is 0 Å². The Hall–Kier alpha value is -3.61. The summed E-state index contributed by atoms with van der Waals surface area (Å²) in [4.78, 5) is 38.5. The van der Waals surface area contributed by atoms with Gasteiger partial charge in [0.1, 0.15) is 11.1 Å². The van der Waals surface area contributed by atoms with Crippen LogP contribution in [0.15, 0.2) is 53.1 Å². The summed E-state index contributed by atoms with van der Waals surface area (Å²) in [6, 6.07) is 12.7. The molecule has 0 spiro atoms. The number of amides is 4. The molecule has 0 unspecified atom stereocenters. The van der Waals surface area contributed by atoms with Gasteiger partial charge in [0.25, 0.3) is 11.8 Å². The molecule has 4 amide bonds. The maximum absolute atomic E-state index is 13.0. The molecule has 164 valence electrons. The predicted octanol–water partition coefficient (Wildman–Crippen LogP) is 3.82. The molecule has 0 radical (unpaired) electrons. The largest absolute Gasteiger partial charge is 0.464 e. The summed E-state index contributed by atoms with van der Waals surface area (Å²) < 4.78 is 5.77. The average molecular weight is 431 g/mol. The number of hydrogen-bond acceptors (Lipinski definition) is 4. The zero-order valence-corrected chi connectivity index (χ0v) is 18.1. The van der Waals surface area contributed by atoms with Crippen LogP contribution in [-0.4, -0.2) is 35.8 Å². The van der Waals surface area contributed by atoms with Gasteiger partial charge < -0.3 is 14.6 Å². The van der Waals surface area contributed by atoms with Crippen molar-refractivity contribution < 1.29 is 18.8 Å². The first kappa shape index (κ1) is 20.3. The number of imide groups is 1. The van der Waals surface area contributed by atoms with Crippen LogP contribution in [0.5, 0.6) is 0 Å². The van der Waals surface area contributed by atoms with Crippen LogP contribution >= 0.6 is 0 Å². The first-order valence-electron chi connectivity index (χ1n) is 10.9. The van der Waals surface area contributed by atoms with Gasteiger partial charge >= 0.3 is 6.03 Å². The van der Waals surface area contributed by atoms with Crippen molar-refractivity contribution in [2.24, 2.45) is 0 Å². The van der Waals surface area contributed by atoms with E-state index in [1.54, 1.807) is 31.2 Å². The Morgan fingerprint density at radius 2 is 1.81 bits per heavy atom. The number of piperidine rings is 1. The number of hydrogen-bond donors (Lipinski definition) is 2. The minimum Gasteiger partial charge on any atom is -0.464 e. The van der Waals surface area contributed by atoms with E-state index in [2.05, 4.69) is 35.8 Å². The molecular weight excluding hydrogens is 406 g/mol. The molecule has 1 aromatic heterocycles. The van der Waals surface area contributed by atoms with Crippen molar-refractivity contribution in [3.63, 3.8) is 0 Å². The zero-order valence-electron chi connectivity index (χ0n) is 18.1. The molecule has 3 aromatic rings. The van der Waals surface area contributed by atoms with E-state index in [0.717, 1.165) is 23.8 Å². The molecule has 2 aromatic carbocycles. The summed E-state index contributed by atoms with van der Waals surface area (Å²) in [6.07, 6.45) is 3.64. The van der Waals surface area contributed by atoms with Crippen molar-refractivity contribution >= 4 is 28.8 Å². The molecule has 2 aliphatic rings. The van der Waals surface area contributed by atoms with E-state index in [-0.39, 0.29) is 5.91 Å². The highest BCUT2D eigenvalue weighted by molar-refractivity contribution is 6.07. The lowest BCUT2D eigenvalue weighted by Gasteiger charge is -2.32. The Labute approximate surface area is 185 Å². The van der Waals surface area contributed by atoms with Gasteiger partial charge in [-0.3, -0.25) is 14.9 Å². The maximum Gasteiger partial charge on any atom is 0.322 e. The number of aryl methyl sites for hydroxylation is 1. The van der Waals surface area contributed by atoms with Crippen LogP contribution in [0, 0.1) is 6.92 Å². The van der Waals surface area contributed by atoms with Crippen LogP contribution in [0.1, 0.15) is 52.7 Å². The van der Waals surface area contributed by atoms with Crippen LogP contribution in [0.25, 0.3) is 11.0 Å². The fourth-order valence-electron chi connectivity index (χ4n) is 4.74. The van der Waals surface area contributed by atoms with E-state index in [4.69, 9.17) is 4.42 Å². The smallest absolute Gasteiger partial charge is 0.322 e. The van der Waals surface area contributed by atoms with Gasteiger partial charge in [0.05, 0.1) is 6.26 Å². The van der Waals surface area contributed by atoms with Crippen molar-refractivity contribution in [3.8, 4) is 0 Å². The lowest BCUT2D eigenvalue weighted by Crippen LogP contribution is -2.40. The number of urea groups is 1. The Kier molecular flexibility index (Phi) is 4.77. The second-order valence-electron chi connectivity index (χ2n) is 8.87. The molecule has 7 heteroatoms. The molecule has 2 fully saturated rings. The third-order valence-electron chi connectivity index (χ3n) is 6.74. The summed E-state index contributed by atoms with van der Waals surface area (Å²) in [5.74, 6) is -0.0480. The highest BCUT2D eigenvalue weighted by Gasteiger charge is 2.43. The number of furan rings is 1. The number of carbonyl (C=O) groups is 3. The van der Waals surface area contributed by atoms with Gasteiger partial charge in [0, 0.05) is 29.6 Å². The van der Waals surface area contributed by atoms with Crippen LogP contribution in [0.3, 0.4) is 0 Å². The van der Waals surface area contributed by atoms with Gasteiger partial charge in [-0.25, -0.2) is 4.79 Å². The van der Waals surface area contributed by atoms with E-state index in [1.807, 2.05) is 11.2 Å². The van der Waals surface area contributed by atoms with Crippen LogP contribution < -0.4 is 10.6 Å². The number of nitrogens with one attached hydrogen (secondary N) is 2. The van der Waals surface area contributed by atoms with E-state index >= 15 is 0 Å². The zero-order chi connectivity index (χ0) is 22.5. The number of likely N-dealkylation sites (tertiary alicyclic amines) is 1. The Bertz CT molecular complexity index is 1220. The highest BCUT2D eigenvalue weighted by Crippen LogP contribution is 2.35. The Balaban J connectivity index is 1.26. The molecule has 3 heterocycles. The van der Waals surface area contributed by atoms with Crippen molar-refractivity contribution in [2.75, 3.05) is 13.1 Å². The molecule has 0 bridgehead atoms. The molecule has 2 saturated heterocycles. The molecule has 1 atom stereocenters. The molecule has 5 rings (SSSR count). The molecule has 7 nitrogen and oxygen atoms in total. The minimum absolute atomic E-state index is 0.0206. The molecule has 2 N–H and O–H groups in total. The second-order valence-corrected chi connectivity index (χ2v) is 8.87. The lowest BCUT2D eigenvalue weighted by atomic mass is 9.88. The summed E-state index contributed by atoms with van der Waals surface area (Å²) in [5, 5.41) is 6.05. The maximum atomic E-state index is 13.0. The number of carbonyl (C=O) groups excluding carboxylic acids is 3. The van der Waals surface area contributed by atoms with Gasteiger partial charge in [0.2, 0.25) is 0 Å². The fraction of sp³-hybridized carbons (Fsp3) is 0.320. The van der Waals surface area contributed by atoms with Crippen molar-refractivity contribution in [1.29, 1.82) is 0 Å². The number of rotatable bonds is 3. The topological polar surface area (TPSA) is 91.7 Å². The number of benzene rings is 2. The normalized spacial score (nSPS) is 21.6. The second kappa shape index (κ2) is 7.51. The van der Waals surface area contributed by atoms with E-state index in [9.17, 15) is 14.4 Å². The summed E-state index contributed by atoms with van der Waals surface area (Å²) >= 11 is 0. The monoisotopic (exact) mass is 431 g/mol. The third-order valence-corrected chi connectivity index (χ3v) is 6.74. The Morgan fingerprint density at radius 1 is 1.09 bits per heavy atom. The van der Waals surface area contributed by atoms with Crippen LogP contribution in [0.4, 0.5) is 4.79 Å². The summed E-state index contributed by atoms with van der Waals surface area (Å²) in [7, 11) is 0. The van der Waals surface area contributed by atoms with E-state index in [1.165, 1.54) is 11.1 Å². The van der Waals surface area contributed by atoms with Crippen LogP contribution in [-0.2, 0) is 10.3 Å². The average Bonchev–Trinajstić information content (AvgIpc) is 3.33. The van der Waals surface area contributed by atoms with Crippen molar-refractivity contribution in [1.82, 2.24) is 15.5 Å². The SMILES string of the molecule is Cc1ccc2c(C3CCN(C(=O)c4ccc([C@@]5(C)NC(=O)NC5=O)cc4)CC3)coc2c1. The van der Waals surface area contributed by atoms with Gasteiger partial charge in [-0.15, -0.1) is 0 Å².